The second-order valence-corrected chi connectivity index (χ2v) is 6.95. The topological polar surface area (TPSA) is 46.1 Å². The third-order valence-electron chi connectivity index (χ3n) is 2.73. The molecule has 6 heteroatoms. The maximum Gasteiger partial charge on any atom is 0.225 e. The monoisotopic (exact) mass is 271 g/mol. The van der Waals surface area contributed by atoms with Crippen LogP contribution in [0.25, 0.3) is 0 Å². The van der Waals surface area contributed by atoms with Crippen molar-refractivity contribution in [1.82, 2.24) is 10.2 Å². The third-order valence-corrected chi connectivity index (χ3v) is 5.00. The highest BCUT2D eigenvalue weighted by Crippen LogP contribution is 2.36. The lowest BCUT2D eigenvalue weighted by molar-refractivity contribution is -0.116. The first-order valence-electron chi connectivity index (χ1n) is 5.91. The number of nitrogens with zero attached hydrogens (tertiary/aromatic N) is 3. The van der Waals surface area contributed by atoms with Crippen LogP contribution in [0.4, 0.5) is 5.13 Å². The largest absolute Gasteiger partial charge is 0.284 e. The zero-order valence-electron chi connectivity index (χ0n) is 10.3. The number of amides is 1. The van der Waals surface area contributed by atoms with E-state index in [-0.39, 0.29) is 5.91 Å². The van der Waals surface area contributed by atoms with Gasteiger partial charge < -0.3 is 0 Å². The van der Waals surface area contributed by atoms with E-state index in [0.29, 0.717) is 11.3 Å². The van der Waals surface area contributed by atoms with Gasteiger partial charge in [-0.05, 0) is 19.3 Å². The van der Waals surface area contributed by atoms with E-state index in [4.69, 9.17) is 0 Å². The van der Waals surface area contributed by atoms with E-state index >= 15 is 0 Å². The van der Waals surface area contributed by atoms with Gasteiger partial charge in [0.05, 0.1) is 0 Å². The van der Waals surface area contributed by atoms with Crippen LogP contribution in [0.1, 0.15) is 40.0 Å². The molecule has 1 fully saturated rings. The van der Waals surface area contributed by atoms with Crippen LogP contribution < -0.4 is 4.90 Å². The standard InChI is InChI=1S/C11H17N3OS2/c1-4-7(2)16-11-13-12-10(17-11)14(8(3)15)9-5-6-9/h7,9H,4-6H2,1-3H3. The maximum atomic E-state index is 11.6. The Bertz CT molecular complexity index is 403. The highest BCUT2D eigenvalue weighted by atomic mass is 32.2. The van der Waals surface area contributed by atoms with Gasteiger partial charge >= 0.3 is 0 Å². The number of hydrogen-bond acceptors (Lipinski definition) is 5. The molecule has 1 amide bonds. The van der Waals surface area contributed by atoms with Gasteiger partial charge in [0.25, 0.3) is 0 Å². The highest BCUT2D eigenvalue weighted by molar-refractivity contribution is 8.01. The van der Waals surface area contributed by atoms with Gasteiger partial charge in [-0.1, -0.05) is 36.9 Å². The van der Waals surface area contributed by atoms with Gasteiger partial charge in [0.15, 0.2) is 4.34 Å². The van der Waals surface area contributed by atoms with Crippen molar-refractivity contribution in [3.05, 3.63) is 0 Å². The molecular formula is C11H17N3OS2. The fraction of sp³-hybridized carbons (Fsp3) is 0.727. The zero-order chi connectivity index (χ0) is 12.4. The molecule has 1 aliphatic carbocycles. The molecule has 1 aromatic rings. The summed E-state index contributed by atoms with van der Waals surface area (Å²) in [7, 11) is 0. The molecule has 0 spiro atoms. The Kier molecular flexibility index (Phi) is 4.04. The molecule has 1 heterocycles. The Morgan fingerprint density at radius 1 is 1.59 bits per heavy atom. The maximum absolute atomic E-state index is 11.6. The summed E-state index contributed by atoms with van der Waals surface area (Å²) in [5, 5.41) is 9.59. The molecule has 1 aliphatic rings. The minimum Gasteiger partial charge on any atom is -0.284 e. The average Bonchev–Trinajstić information content (AvgIpc) is 2.99. The third kappa shape index (κ3) is 3.19. The van der Waals surface area contributed by atoms with E-state index in [1.54, 1.807) is 23.6 Å². The van der Waals surface area contributed by atoms with Crippen molar-refractivity contribution in [2.45, 2.75) is 55.7 Å². The molecule has 0 saturated heterocycles. The second kappa shape index (κ2) is 5.35. The molecule has 0 N–H and O–H groups in total. The SMILES string of the molecule is CCC(C)Sc1nnc(N(C(C)=O)C2CC2)s1. The van der Waals surface area contributed by atoms with Gasteiger partial charge in [-0.25, -0.2) is 0 Å². The van der Waals surface area contributed by atoms with Crippen LogP contribution in [0.15, 0.2) is 4.34 Å². The van der Waals surface area contributed by atoms with Crippen LogP contribution in [0.2, 0.25) is 0 Å². The molecule has 17 heavy (non-hydrogen) atoms. The Labute approximate surface area is 110 Å². The molecule has 1 aromatic heterocycles. The van der Waals surface area contributed by atoms with E-state index < -0.39 is 0 Å². The van der Waals surface area contributed by atoms with Gasteiger partial charge in [0.2, 0.25) is 11.0 Å². The van der Waals surface area contributed by atoms with Crippen LogP contribution in [0.3, 0.4) is 0 Å². The van der Waals surface area contributed by atoms with Crippen LogP contribution in [0, 0.1) is 0 Å². The second-order valence-electron chi connectivity index (χ2n) is 4.31. The summed E-state index contributed by atoms with van der Waals surface area (Å²) in [5.74, 6) is 0.0729. The van der Waals surface area contributed by atoms with Gasteiger partial charge in [-0.3, -0.25) is 9.69 Å². The predicted octanol–water partition coefficient (Wildman–Crippen LogP) is 2.94. The first-order chi connectivity index (χ1) is 8.11. The lowest BCUT2D eigenvalue weighted by atomic mass is 10.4. The molecule has 4 nitrogen and oxygen atoms in total. The summed E-state index contributed by atoms with van der Waals surface area (Å²) in [6, 6.07) is 0.363. The normalized spacial score (nSPS) is 16.9. The van der Waals surface area contributed by atoms with Crippen molar-refractivity contribution in [3.63, 3.8) is 0 Å². The number of carbonyl (C=O) groups excluding carboxylic acids is 1. The van der Waals surface area contributed by atoms with Crippen molar-refractivity contribution in [2.24, 2.45) is 0 Å². The van der Waals surface area contributed by atoms with E-state index in [1.807, 2.05) is 0 Å². The summed E-state index contributed by atoms with van der Waals surface area (Å²) in [6.45, 7) is 5.93. The zero-order valence-corrected chi connectivity index (χ0v) is 12.0. The molecule has 1 saturated carbocycles. The van der Waals surface area contributed by atoms with Gasteiger partial charge in [0.1, 0.15) is 0 Å². The molecule has 0 bridgehead atoms. The fourth-order valence-corrected chi connectivity index (χ4v) is 3.69. The summed E-state index contributed by atoms with van der Waals surface area (Å²) in [6.07, 6.45) is 3.29. The van der Waals surface area contributed by atoms with Crippen molar-refractivity contribution in [1.29, 1.82) is 0 Å². The van der Waals surface area contributed by atoms with E-state index in [2.05, 4.69) is 24.0 Å². The smallest absolute Gasteiger partial charge is 0.225 e. The van der Waals surface area contributed by atoms with Crippen molar-refractivity contribution in [2.75, 3.05) is 4.90 Å². The lowest BCUT2D eigenvalue weighted by Crippen LogP contribution is -2.30. The summed E-state index contributed by atoms with van der Waals surface area (Å²) in [4.78, 5) is 13.4. The van der Waals surface area contributed by atoms with Crippen LogP contribution in [0.5, 0.6) is 0 Å². The molecular weight excluding hydrogens is 254 g/mol. The quantitative estimate of drug-likeness (QED) is 0.610. The molecule has 1 atom stereocenters. The van der Waals surface area contributed by atoms with Crippen molar-refractivity contribution in [3.8, 4) is 0 Å². The van der Waals surface area contributed by atoms with E-state index in [1.165, 1.54) is 11.3 Å². The molecule has 0 radical (unpaired) electrons. The van der Waals surface area contributed by atoms with E-state index in [9.17, 15) is 4.79 Å². The number of rotatable bonds is 5. The molecule has 0 aliphatic heterocycles. The van der Waals surface area contributed by atoms with E-state index in [0.717, 1.165) is 28.7 Å². The lowest BCUT2D eigenvalue weighted by Gasteiger charge is -2.15. The van der Waals surface area contributed by atoms with Crippen molar-refractivity contribution < 1.29 is 4.79 Å². The molecule has 1 unspecified atom stereocenters. The summed E-state index contributed by atoms with van der Waals surface area (Å²) >= 11 is 3.26. The highest BCUT2D eigenvalue weighted by Gasteiger charge is 2.34. The number of aromatic nitrogens is 2. The number of carbonyl (C=O) groups is 1. The first-order valence-corrected chi connectivity index (χ1v) is 7.61. The minimum absolute atomic E-state index is 0.0729. The Morgan fingerprint density at radius 2 is 2.29 bits per heavy atom. The van der Waals surface area contributed by atoms with Gasteiger partial charge in [0, 0.05) is 18.2 Å². The predicted molar refractivity (Wildman–Crippen MR) is 71.7 cm³/mol. The molecule has 94 valence electrons. The number of anilines is 1. The summed E-state index contributed by atoms with van der Waals surface area (Å²) < 4.78 is 0.959. The average molecular weight is 271 g/mol. The number of hydrogen-bond donors (Lipinski definition) is 0. The number of thioether (sulfide) groups is 1. The summed E-state index contributed by atoms with van der Waals surface area (Å²) in [5.41, 5.74) is 0. The van der Waals surface area contributed by atoms with Crippen LogP contribution in [-0.4, -0.2) is 27.4 Å². The molecule has 0 aromatic carbocycles. The van der Waals surface area contributed by atoms with Crippen LogP contribution >= 0.6 is 23.1 Å². The minimum atomic E-state index is 0.0729. The first kappa shape index (κ1) is 12.8. The van der Waals surface area contributed by atoms with Crippen molar-refractivity contribution >= 4 is 34.1 Å². The van der Waals surface area contributed by atoms with Gasteiger partial charge in [-0.15, -0.1) is 10.2 Å². The fourth-order valence-electron chi connectivity index (χ4n) is 1.48. The Hall–Kier alpha value is -0.620. The van der Waals surface area contributed by atoms with Crippen LogP contribution in [-0.2, 0) is 4.79 Å². The molecule has 2 rings (SSSR count). The Morgan fingerprint density at radius 3 is 2.82 bits per heavy atom. The Balaban J connectivity index is 2.08. The van der Waals surface area contributed by atoms with Gasteiger partial charge in [-0.2, -0.15) is 0 Å².